The monoisotopic (exact) mass is 366 g/mol. The van der Waals surface area contributed by atoms with Gasteiger partial charge in [0.2, 0.25) is 0 Å². The van der Waals surface area contributed by atoms with Crippen LogP contribution in [0, 0.1) is 0 Å². The van der Waals surface area contributed by atoms with Gasteiger partial charge in [-0.2, -0.15) is 0 Å². The third-order valence-corrected chi connectivity index (χ3v) is 5.24. The van der Waals surface area contributed by atoms with Crippen molar-refractivity contribution in [3.05, 3.63) is 71.0 Å². The van der Waals surface area contributed by atoms with E-state index < -0.39 is 0 Å². The summed E-state index contributed by atoms with van der Waals surface area (Å²) in [5, 5.41) is 0.437. The van der Waals surface area contributed by atoms with E-state index in [0.717, 1.165) is 6.42 Å². The zero-order chi connectivity index (χ0) is 18.1. The molecule has 1 aliphatic rings. The highest BCUT2D eigenvalue weighted by atomic mass is 35.5. The number of nitrogens with zero attached hydrogens (tertiary/aromatic N) is 3. The standard InChI is InChI=1S/C20H19ClN4O/c21-16-10-14(11-18-19(16)24-8-7-23-18)20(26)25-9-6-17(22)15(12-25)13-4-2-1-3-5-13/h1-5,7-8,10-11,15,17H,6,9,12,22H2/t15-,17-/m1/s1. The maximum Gasteiger partial charge on any atom is 0.254 e. The van der Waals surface area contributed by atoms with Gasteiger partial charge in [0.25, 0.3) is 5.91 Å². The Kier molecular flexibility index (Phi) is 4.57. The first-order valence-corrected chi connectivity index (χ1v) is 9.01. The lowest BCUT2D eigenvalue weighted by Gasteiger charge is -2.37. The Morgan fingerprint density at radius 3 is 2.73 bits per heavy atom. The fraction of sp³-hybridized carbons (Fsp3) is 0.250. The SMILES string of the molecule is N[C@@H]1CCN(C(=O)c2cc(Cl)c3nccnc3c2)C[C@@H]1c1ccccc1. The van der Waals surface area contributed by atoms with Crippen molar-refractivity contribution in [1.82, 2.24) is 14.9 Å². The van der Waals surface area contributed by atoms with Crippen molar-refractivity contribution >= 4 is 28.5 Å². The van der Waals surface area contributed by atoms with Crippen molar-refractivity contribution in [2.24, 2.45) is 5.73 Å². The summed E-state index contributed by atoms with van der Waals surface area (Å²) in [6, 6.07) is 13.6. The molecule has 1 fully saturated rings. The number of fused-ring (bicyclic) bond motifs is 1. The summed E-state index contributed by atoms with van der Waals surface area (Å²) in [7, 11) is 0. The molecule has 0 saturated carbocycles. The Morgan fingerprint density at radius 1 is 1.15 bits per heavy atom. The van der Waals surface area contributed by atoms with Crippen LogP contribution in [-0.4, -0.2) is 39.9 Å². The Bertz CT molecular complexity index is 947. The number of rotatable bonds is 2. The molecule has 1 saturated heterocycles. The zero-order valence-corrected chi connectivity index (χ0v) is 14.9. The number of carbonyl (C=O) groups excluding carboxylic acids is 1. The Labute approximate surface area is 156 Å². The molecule has 0 spiro atoms. The van der Waals surface area contributed by atoms with Gasteiger partial charge in [-0.1, -0.05) is 41.9 Å². The van der Waals surface area contributed by atoms with Crippen LogP contribution in [-0.2, 0) is 0 Å². The maximum atomic E-state index is 13.1. The zero-order valence-electron chi connectivity index (χ0n) is 14.2. The van der Waals surface area contributed by atoms with Crippen LogP contribution >= 0.6 is 11.6 Å². The number of nitrogens with two attached hydrogens (primary N) is 1. The minimum absolute atomic E-state index is 0.0486. The lowest BCUT2D eigenvalue weighted by Crippen LogP contribution is -2.48. The highest BCUT2D eigenvalue weighted by Crippen LogP contribution is 2.28. The van der Waals surface area contributed by atoms with Gasteiger partial charge in [0.05, 0.1) is 10.5 Å². The molecule has 1 amide bonds. The van der Waals surface area contributed by atoms with Crippen molar-refractivity contribution in [3.8, 4) is 0 Å². The molecule has 132 valence electrons. The number of aromatic nitrogens is 2. The highest BCUT2D eigenvalue weighted by Gasteiger charge is 2.31. The minimum atomic E-state index is -0.0488. The second-order valence-electron chi connectivity index (χ2n) is 6.60. The lowest BCUT2D eigenvalue weighted by atomic mass is 9.86. The van der Waals surface area contributed by atoms with Gasteiger partial charge < -0.3 is 10.6 Å². The number of likely N-dealkylation sites (tertiary alicyclic amines) is 1. The van der Waals surface area contributed by atoms with Gasteiger partial charge in [-0.25, -0.2) is 0 Å². The Balaban J connectivity index is 1.62. The molecule has 5 nitrogen and oxygen atoms in total. The molecule has 1 aromatic heterocycles. The molecule has 0 unspecified atom stereocenters. The summed E-state index contributed by atoms with van der Waals surface area (Å²) in [6.07, 6.45) is 3.96. The predicted octanol–water partition coefficient (Wildman–Crippen LogP) is 3.24. The number of piperidine rings is 1. The molecule has 1 aliphatic heterocycles. The van der Waals surface area contributed by atoms with E-state index in [9.17, 15) is 4.79 Å². The summed E-state index contributed by atoms with van der Waals surface area (Å²) in [4.78, 5) is 23.4. The molecule has 2 N–H and O–H groups in total. The van der Waals surface area contributed by atoms with Crippen LogP contribution in [0.15, 0.2) is 54.9 Å². The van der Waals surface area contributed by atoms with E-state index in [0.29, 0.717) is 34.7 Å². The van der Waals surface area contributed by atoms with Crippen molar-refractivity contribution in [1.29, 1.82) is 0 Å². The van der Waals surface area contributed by atoms with Crippen LogP contribution in [0.3, 0.4) is 0 Å². The molecule has 26 heavy (non-hydrogen) atoms. The minimum Gasteiger partial charge on any atom is -0.338 e. The van der Waals surface area contributed by atoms with Crippen LogP contribution in [0.5, 0.6) is 0 Å². The third-order valence-electron chi connectivity index (χ3n) is 4.96. The van der Waals surface area contributed by atoms with Crippen molar-refractivity contribution in [2.45, 2.75) is 18.4 Å². The number of halogens is 1. The van der Waals surface area contributed by atoms with Gasteiger partial charge in [-0.05, 0) is 24.1 Å². The van der Waals surface area contributed by atoms with Gasteiger partial charge in [0, 0.05) is 43.0 Å². The summed E-state index contributed by atoms with van der Waals surface area (Å²) in [6.45, 7) is 1.24. The number of benzene rings is 2. The molecule has 4 rings (SSSR count). The van der Waals surface area contributed by atoms with E-state index in [1.54, 1.807) is 24.5 Å². The quantitative estimate of drug-likeness (QED) is 0.755. The van der Waals surface area contributed by atoms with Crippen LogP contribution in [0.2, 0.25) is 5.02 Å². The number of amides is 1. The Hall–Kier alpha value is -2.50. The predicted molar refractivity (Wildman–Crippen MR) is 102 cm³/mol. The van der Waals surface area contributed by atoms with E-state index in [-0.39, 0.29) is 17.9 Å². The summed E-state index contributed by atoms with van der Waals surface area (Å²) in [5.74, 6) is 0.0805. The van der Waals surface area contributed by atoms with Crippen LogP contribution in [0.1, 0.15) is 28.3 Å². The first-order valence-electron chi connectivity index (χ1n) is 8.63. The van der Waals surface area contributed by atoms with E-state index >= 15 is 0 Å². The molecule has 2 atom stereocenters. The lowest BCUT2D eigenvalue weighted by molar-refractivity contribution is 0.0694. The highest BCUT2D eigenvalue weighted by molar-refractivity contribution is 6.35. The largest absolute Gasteiger partial charge is 0.338 e. The topological polar surface area (TPSA) is 72.1 Å². The van der Waals surface area contributed by atoms with Gasteiger partial charge >= 0.3 is 0 Å². The first-order chi connectivity index (χ1) is 12.6. The molecule has 0 aliphatic carbocycles. The van der Waals surface area contributed by atoms with Gasteiger partial charge in [0.1, 0.15) is 5.52 Å². The van der Waals surface area contributed by atoms with Crippen molar-refractivity contribution in [2.75, 3.05) is 13.1 Å². The van der Waals surface area contributed by atoms with Crippen LogP contribution < -0.4 is 5.73 Å². The second-order valence-corrected chi connectivity index (χ2v) is 7.01. The maximum absolute atomic E-state index is 13.1. The molecule has 6 heteroatoms. The van der Waals surface area contributed by atoms with Crippen molar-refractivity contribution in [3.63, 3.8) is 0 Å². The molecule has 2 heterocycles. The summed E-state index contributed by atoms with van der Waals surface area (Å²) >= 11 is 6.30. The van der Waals surface area contributed by atoms with Gasteiger partial charge in [-0.15, -0.1) is 0 Å². The fourth-order valence-electron chi connectivity index (χ4n) is 3.55. The van der Waals surface area contributed by atoms with Crippen molar-refractivity contribution < 1.29 is 4.79 Å². The average molecular weight is 367 g/mol. The molecule has 0 radical (unpaired) electrons. The van der Waals surface area contributed by atoms with E-state index in [1.165, 1.54) is 5.56 Å². The number of carbonyl (C=O) groups is 1. The second kappa shape index (κ2) is 7.02. The van der Waals surface area contributed by atoms with Gasteiger partial charge in [0.15, 0.2) is 0 Å². The third kappa shape index (κ3) is 3.16. The molecule has 2 aromatic carbocycles. The molecule has 3 aromatic rings. The normalized spacial score (nSPS) is 20.3. The fourth-order valence-corrected chi connectivity index (χ4v) is 3.81. The smallest absolute Gasteiger partial charge is 0.254 e. The van der Waals surface area contributed by atoms with E-state index in [2.05, 4.69) is 22.1 Å². The first kappa shape index (κ1) is 16.9. The van der Waals surface area contributed by atoms with E-state index in [1.807, 2.05) is 23.1 Å². The summed E-state index contributed by atoms with van der Waals surface area (Å²) < 4.78 is 0. The molecular formula is C20H19ClN4O. The number of hydrogen-bond donors (Lipinski definition) is 1. The Morgan fingerprint density at radius 2 is 1.92 bits per heavy atom. The van der Waals surface area contributed by atoms with Crippen LogP contribution in [0.4, 0.5) is 0 Å². The summed E-state index contributed by atoms with van der Waals surface area (Å²) in [5.41, 5.74) is 9.26. The van der Waals surface area contributed by atoms with E-state index in [4.69, 9.17) is 17.3 Å². The average Bonchev–Trinajstić information content (AvgIpc) is 2.68. The van der Waals surface area contributed by atoms with Gasteiger partial charge in [-0.3, -0.25) is 14.8 Å². The van der Waals surface area contributed by atoms with Crippen LogP contribution in [0.25, 0.3) is 11.0 Å². The number of hydrogen-bond acceptors (Lipinski definition) is 4. The molecular weight excluding hydrogens is 348 g/mol. The molecule has 0 bridgehead atoms.